The van der Waals surface area contributed by atoms with E-state index < -0.39 is 5.54 Å². The molecular formula is C13H24N4O2S. The lowest BCUT2D eigenvalue weighted by Crippen LogP contribution is -2.64. The molecule has 0 spiro atoms. The van der Waals surface area contributed by atoms with Crippen LogP contribution in [0.3, 0.4) is 0 Å². The van der Waals surface area contributed by atoms with E-state index in [4.69, 9.17) is 10.9 Å². The van der Waals surface area contributed by atoms with Crippen LogP contribution in [0, 0.1) is 0 Å². The summed E-state index contributed by atoms with van der Waals surface area (Å²) < 4.78 is -0.383. The van der Waals surface area contributed by atoms with Crippen molar-refractivity contribution in [2.24, 2.45) is 10.9 Å². The summed E-state index contributed by atoms with van der Waals surface area (Å²) in [5, 5.41) is 15.3. The first-order valence-electron chi connectivity index (χ1n) is 7.05. The predicted molar refractivity (Wildman–Crippen MR) is 81.1 cm³/mol. The monoisotopic (exact) mass is 300 g/mol. The zero-order chi connectivity index (χ0) is 14.8. The molecule has 2 aliphatic rings. The average Bonchev–Trinajstić information content (AvgIpc) is 2.89. The van der Waals surface area contributed by atoms with Crippen molar-refractivity contribution in [3.05, 3.63) is 0 Å². The highest BCUT2D eigenvalue weighted by Crippen LogP contribution is 2.38. The number of carbonyl (C=O) groups excluding carboxylic acids is 1. The molecule has 0 radical (unpaired) electrons. The molecule has 0 aromatic carbocycles. The Hall–Kier alpha value is -0.950. The van der Waals surface area contributed by atoms with Crippen LogP contribution in [0.1, 0.15) is 32.6 Å². The van der Waals surface area contributed by atoms with Gasteiger partial charge in [-0.3, -0.25) is 4.79 Å². The molecule has 0 bridgehead atoms. The number of rotatable bonds is 3. The van der Waals surface area contributed by atoms with Crippen molar-refractivity contribution in [3.63, 3.8) is 0 Å². The van der Waals surface area contributed by atoms with Crippen LogP contribution in [0.5, 0.6) is 0 Å². The fourth-order valence-corrected chi connectivity index (χ4v) is 4.06. The van der Waals surface area contributed by atoms with Crippen molar-refractivity contribution in [2.45, 2.75) is 42.9 Å². The van der Waals surface area contributed by atoms with Crippen molar-refractivity contribution in [3.8, 4) is 0 Å². The second-order valence-electron chi connectivity index (χ2n) is 6.01. The standard InChI is InChI=1S/C13H24N4O2S/c1-12(4-3-9-20-12)11(18)15-13(10(14)16-19)5-7-17(2)8-6-13/h19H,3-9H2,1-2H3,(H2,14,16)(H,15,18). The zero-order valence-electron chi connectivity index (χ0n) is 12.2. The van der Waals surface area contributed by atoms with Gasteiger partial charge in [-0.05, 0) is 45.4 Å². The summed E-state index contributed by atoms with van der Waals surface area (Å²) in [6.07, 6.45) is 3.29. The smallest absolute Gasteiger partial charge is 0.236 e. The van der Waals surface area contributed by atoms with Gasteiger partial charge < -0.3 is 21.2 Å². The summed E-state index contributed by atoms with van der Waals surface area (Å²) in [4.78, 5) is 14.8. The maximum absolute atomic E-state index is 12.6. The van der Waals surface area contributed by atoms with Gasteiger partial charge >= 0.3 is 0 Å². The molecule has 1 unspecified atom stereocenters. The van der Waals surface area contributed by atoms with Crippen LogP contribution < -0.4 is 11.1 Å². The normalized spacial score (nSPS) is 31.2. The molecule has 1 amide bonds. The number of carbonyl (C=O) groups is 1. The molecule has 0 aliphatic carbocycles. The number of amidine groups is 1. The van der Waals surface area contributed by atoms with Gasteiger partial charge in [-0.1, -0.05) is 5.16 Å². The number of nitrogens with zero attached hydrogens (tertiary/aromatic N) is 2. The summed E-state index contributed by atoms with van der Waals surface area (Å²) in [6, 6.07) is 0. The van der Waals surface area contributed by atoms with Crippen molar-refractivity contribution in [1.82, 2.24) is 10.2 Å². The molecule has 0 saturated carbocycles. The highest BCUT2D eigenvalue weighted by Gasteiger charge is 2.45. The van der Waals surface area contributed by atoms with Gasteiger partial charge in [0.2, 0.25) is 5.91 Å². The van der Waals surface area contributed by atoms with Gasteiger partial charge in [-0.25, -0.2) is 0 Å². The van der Waals surface area contributed by atoms with Gasteiger partial charge in [-0.15, -0.1) is 11.8 Å². The van der Waals surface area contributed by atoms with E-state index in [1.54, 1.807) is 11.8 Å². The molecule has 2 saturated heterocycles. The van der Waals surface area contributed by atoms with Crippen LogP contribution >= 0.6 is 11.8 Å². The molecule has 1 atom stereocenters. The number of hydrogen-bond donors (Lipinski definition) is 3. The first-order valence-corrected chi connectivity index (χ1v) is 8.04. The molecule has 4 N–H and O–H groups in total. The second-order valence-corrected chi connectivity index (χ2v) is 7.61. The van der Waals surface area contributed by atoms with Crippen LogP contribution in [0.15, 0.2) is 5.16 Å². The summed E-state index contributed by atoms with van der Waals surface area (Å²) in [6.45, 7) is 3.62. The molecule has 7 heteroatoms. The quantitative estimate of drug-likeness (QED) is 0.307. The van der Waals surface area contributed by atoms with Crippen molar-refractivity contribution in [2.75, 3.05) is 25.9 Å². The third kappa shape index (κ3) is 2.88. The van der Waals surface area contributed by atoms with E-state index >= 15 is 0 Å². The van der Waals surface area contributed by atoms with E-state index in [1.165, 1.54) is 0 Å². The van der Waals surface area contributed by atoms with E-state index in [0.29, 0.717) is 12.8 Å². The lowest BCUT2D eigenvalue weighted by molar-refractivity contribution is -0.124. The largest absolute Gasteiger partial charge is 0.409 e. The molecule has 6 nitrogen and oxygen atoms in total. The Bertz CT molecular complexity index is 399. The highest BCUT2D eigenvalue weighted by molar-refractivity contribution is 8.01. The van der Waals surface area contributed by atoms with Gasteiger partial charge in [0.1, 0.15) is 5.54 Å². The Morgan fingerprint density at radius 1 is 1.40 bits per heavy atom. The van der Waals surface area contributed by atoms with Gasteiger partial charge in [-0.2, -0.15) is 0 Å². The lowest BCUT2D eigenvalue weighted by Gasteiger charge is -2.41. The van der Waals surface area contributed by atoms with Crippen LogP contribution in [0.4, 0.5) is 0 Å². The van der Waals surface area contributed by atoms with Crippen molar-refractivity contribution < 1.29 is 10.0 Å². The lowest BCUT2D eigenvalue weighted by atomic mass is 9.85. The fraction of sp³-hybridized carbons (Fsp3) is 0.846. The van der Waals surface area contributed by atoms with Gasteiger partial charge in [0.05, 0.1) is 4.75 Å². The Balaban J connectivity index is 2.14. The maximum Gasteiger partial charge on any atom is 0.236 e. The molecular weight excluding hydrogens is 276 g/mol. The first kappa shape index (κ1) is 15.4. The first-order chi connectivity index (χ1) is 9.42. The van der Waals surface area contributed by atoms with E-state index in [1.807, 2.05) is 14.0 Å². The van der Waals surface area contributed by atoms with Crippen LogP contribution in [-0.2, 0) is 4.79 Å². The maximum atomic E-state index is 12.6. The van der Waals surface area contributed by atoms with Crippen molar-refractivity contribution >= 4 is 23.5 Å². The Morgan fingerprint density at radius 2 is 2.05 bits per heavy atom. The van der Waals surface area contributed by atoms with Gasteiger partial charge in [0.15, 0.2) is 5.84 Å². The second kappa shape index (κ2) is 5.81. The van der Waals surface area contributed by atoms with Crippen LogP contribution in [0.2, 0.25) is 0 Å². The summed E-state index contributed by atoms with van der Waals surface area (Å²) in [5.74, 6) is 1.14. The Morgan fingerprint density at radius 3 is 2.55 bits per heavy atom. The third-order valence-corrected chi connectivity index (χ3v) is 6.01. The molecule has 2 rings (SSSR count). The molecule has 20 heavy (non-hydrogen) atoms. The number of nitrogens with two attached hydrogens (primary N) is 1. The molecule has 2 aliphatic heterocycles. The minimum absolute atomic E-state index is 0.0103. The number of nitrogens with one attached hydrogen (secondary N) is 1. The number of amides is 1. The number of likely N-dealkylation sites (tertiary alicyclic amines) is 1. The topological polar surface area (TPSA) is 91.0 Å². The molecule has 2 heterocycles. The zero-order valence-corrected chi connectivity index (χ0v) is 13.0. The summed E-state index contributed by atoms with van der Waals surface area (Å²) in [5.41, 5.74) is 5.17. The fourth-order valence-electron chi connectivity index (χ4n) is 2.85. The summed E-state index contributed by atoms with van der Waals surface area (Å²) >= 11 is 1.69. The van der Waals surface area contributed by atoms with Crippen LogP contribution in [-0.4, -0.2) is 58.0 Å². The number of oxime groups is 1. The highest BCUT2D eigenvalue weighted by atomic mass is 32.2. The van der Waals surface area contributed by atoms with E-state index in [0.717, 1.165) is 31.7 Å². The van der Waals surface area contributed by atoms with Crippen LogP contribution in [0.25, 0.3) is 0 Å². The van der Waals surface area contributed by atoms with Crippen molar-refractivity contribution in [1.29, 1.82) is 0 Å². The number of hydrogen-bond acceptors (Lipinski definition) is 5. The number of piperidine rings is 1. The molecule has 2 fully saturated rings. The SMILES string of the molecule is CN1CCC(NC(=O)C2(C)CCCS2)(C(N)=NO)CC1. The third-order valence-electron chi connectivity index (χ3n) is 4.49. The Labute approximate surface area is 124 Å². The minimum atomic E-state index is -0.704. The molecule has 0 aromatic heterocycles. The molecule has 0 aromatic rings. The predicted octanol–water partition coefficient (Wildman–Crippen LogP) is 0.599. The minimum Gasteiger partial charge on any atom is -0.409 e. The van der Waals surface area contributed by atoms with E-state index in [2.05, 4.69) is 15.4 Å². The summed E-state index contributed by atoms with van der Waals surface area (Å²) in [7, 11) is 2.03. The Kier molecular flexibility index (Phi) is 4.49. The van der Waals surface area contributed by atoms with E-state index in [9.17, 15) is 4.79 Å². The van der Waals surface area contributed by atoms with E-state index in [-0.39, 0.29) is 16.5 Å². The number of thioether (sulfide) groups is 1. The molecule has 114 valence electrons. The van der Waals surface area contributed by atoms with Gasteiger partial charge in [0, 0.05) is 13.1 Å². The average molecular weight is 300 g/mol. The van der Waals surface area contributed by atoms with Gasteiger partial charge in [0.25, 0.3) is 0 Å².